The monoisotopic (exact) mass is 292 g/mol. The molecule has 0 radical (unpaired) electrons. The van der Waals surface area contributed by atoms with E-state index in [-0.39, 0.29) is 18.4 Å². The molecule has 0 spiro atoms. The van der Waals surface area contributed by atoms with Gasteiger partial charge in [-0.15, -0.1) is 0 Å². The summed E-state index contributed by atoms with van der Waals surface area (Å²) in [6.45, 7) is 0.188. The molecule has 1 saturated heterocycles. The number of piperidine rings is 1. The molecule has 6 heteroatoms. The first kappa shape index (κ1) is 15.3. The first-order chi connectivity index (χ1) is 10.1. The van der Waals surface area contributed by atoms with Gasteiger partial charge < -0.3 is 15.2 Å². The lowest BCUT2D eigenvalue weighted by Gasteiger charge is -2.27. The van der Waals surface area contributed by atoms with Crippen LogP contribution in [0, 0.1) is 0 Å². The summed E-state index contributed by atoms with van der Waals surface area (Å²) in [4.78, 5) is 24.9. The molecule has 1 fully saturated rings. The van der Waals surface area contributed by atoms with Crippen molar-refractivity contribution in [2.75, 3.05) is 20.8 Å². The summed E-state index contributed by atoms with van der Waals surface area (Å²) in [7, 11) is 3.10. The van der Waals surface area contributed by atoms with Crippen LogP contribution in [0.4, 0.5) is 0 Å². The highest BCUT2D eigenvalue weighted by atomic mass is 16.5. The van der Waals surface area contributed by atoms with Crippen molar-refractivity contribution in [2.45, 2.75) is 25.3 Å². The average molecular weight is 292 g/mol. The summed E-state index contributed by atoms with van der Waals surface area (Å²) in [5.74, 6) is 0.879. The summed E-state index contributed by atoms with van der Waals surface area (Å²) >= 11 is 0. The molecule has 0 saturated carbocycles. The maximum Gasteiger partial charge on any atom is 0.229 e. The molecular formula is C15H20N2O4. The van der Waals surface area contributed by atoms with Gasteiger partial charge in [-0.3, -0.25) is 14.5 Å². The molecule has 114 valence electrons. The van der Waals surface area contributed by atoms with Gasteiger partial charge in [0.25, 0.3) is 0 Å². The standard InChI is InChI=1S/C15H20N2O4/c1-20-12-7-6-10(8-13(12)21-2)11(16)9-17-14(18)4-3-5-15(17)19/h6-8,11H,3-5,9,16H2,1-2H3. The second-order valence-electron chi connectivity index (χ2n) is 4.97. The number of carbonyl (C=O) groups excluding carboxylic acids is 2. The van der Waals surface area contributed by atoms with Crippen LogP contribution in [0.2, 0.25) is 0 Å². The molecule has 1 aromatic rings. The molecule has 0 aliphatic carbocycles. The van der Waals surface area contributed by atoms with Gasteiger partial charge in [-0.2, -0.15) is 0 Å². The van der Waals surface area contributed by atoms with Crippen molar-refractivity contribution in [1.29, 1.82) is 0 Å². The van der Waals surface area contributed by atoms with E-state index in [4.69, 9.17) is 15.2 Å². The number of likely N-dealkylation sites (tertiary alicyclic amines) is 1. The molecule has 1 aliphatic heterocycles. The summed E-state index contributed by atoms with van der Waals surface area (Å²) in [5.41, 5.74) is 6.91. The van der Waals surface area contributed by atoms with Crippen molar-refractivity contribution in [3.05, 3.63) is 23.8 Å². The van der Waals surface area contributed by atoms with Crippen molar-refractivity contribution in [3.63, 3.8) is 0 Å². The van der Waals surface area contributed by atoms with Crippen LogP contribution in [0.1, 0.15) is 30.9 Å². The highest BCUT2D eigenvalue weighted by Crippen LogP contribution is 2.30. The Kier molecular flexibility index (Phi) is 4.80. The summed E-state index contributed by atoms with van der Waals surface area (Å²) in [5, 5.41) is 0. The molecule has 1 unspecified atom stereocenters. The third kappa shape index (κ3) is 3.33. The zero-order valence-corrected chi connectivity index (χ0v) is 12.3. The topological polar surface area (TPSA) is 81.9 Å². The number of nitrogens with two attached hydrogens (primary N) is 1. The van der Waals surface area contributed by atoms with Crippen molar-refractivity contribution in [1.82, 2.24) is 4.90 Å². The van der Waals surface area contributed by atoms with Gasteiger partial charge in [0.1, 0.15) is 0 Å². The largest absolute Gasteiger partial charge is 0.493 e. The van der Waals surface area contributed by atoms with E-state index in [1.807, 2.05) is 6.07 Å². The lowest BCUT2D eigenvalue weighted by atomic mass is 10.0. The number of methoxy groups -OCH3 is 2. The Morgan fingerprint density at radius 1 is 1.14 bits per heavy atom. The Balaban J connectivity index is 2.14. The lowest BCUT2D eigenvalue weighted by molar-refractivity contribution is -0.148. The third-order valence-corrected chi connectivity index (χ3v) is 3.60. The van der Waals surface area contributed by atoms with E-state index < -0.39 is 6.04 Å². The van der Waals surface area contributed by atoms with E-state index in [1.165, 1.54) is 4.90 Å². The molecule has 1 heterocycles. The second-order valence-corrected chi connectivity index (χ2v) is 4.97. The van der Waals surface area contributed by atoms with Crippen molar-refractivity contribution in [3.8, 4) is 11.5 Å². The summed E-state index contributed by atoms with van der Waals surface area (Å²) in [6, 6.07) is 4.89. The SMILES string of the molecule is COc1ccc(C(N)CN2C(=O)CCCC2=O)cc1OC. The van der Waals surface area contributed by atoms with Gasteiger partial charge in [0.15, 0.2) is 11.5 Å². The van der Waals surface area contributed by atoms with Crippen LogP contribution in [0.25, 0.3) is 0 Å². The molecule has 2 amide bonds. The Labute approximate surface area is 123 Å². The van der Waals surface area contributed by atoms with Gasteiger partial charge in [0.05, 0.1) is 14.2 Å². The number of imide groups is 1. The van der Waals surface area contributed by atoms with Crippen LogP contribution >= 0.6 is 0 Å². The molecule has 2 N–H and O–H groups in total. The van der Waals surface area contributed by atoms with Gasteiger partial charge in [0, 0.05) is 25.4 Å². The first-order valence-electron chi connectivity index (χ1n) is 6.87. The minimum atomic E-state index is -0.448. The van der Waals surface area contributed by atoms with Gasteiger partial charge in [-0.1, -0.05) is 6.07 Å². The fourth-order valence-corrected chi connectivity index (χ4v) is 2.39. The van der Waals surface area contributed by atoms with Crippen LogP contribution in [0.5, 0.6) is 11.5 Å². The van der Waals surface area contributed by atoms with E-state index in [9.17, 15) is 9.59 Å². The Hall–Kier alpha value is -2.08. The quantitative estimate of drug-likeness (QED) is 0.826. The van der Waals surface area contributed by atoms with E-state index in [2.05, 4.69) is 0 Å². The number of amides is 2. The summed E-state index contributed by atoms with van der Waals surface area (Å²) < 4.78 is 10.4. The predicted molar refractivity (Wildman–Crippen MR) is 77.0 cm³/mol. The molecule has 0 aromatic heterocycles. The van der Waals surface area contributed by atoms with E-state index >= 15 is 0 Å². The maximum absolute atomic E-state index is 11.8. The normalized spacial score (nSPS) is 16.8. The number of hydrogen-bond acceptors (Lipinski definition) is 5. The van der Waals surface area contributed by atoms with Crippen LogP contribution < -0.4 is 15.2 Å². The van der Waals surface area contributed by atoms with Crippen LogP contribution in [-0.2, 0) is 9.59 Å². The third-order valence-electron chi connectivity index (χ3n) is 3.60. The molecule has 21 heavy (non-hydrogen) atoms. The molecular weight excluding hydrogens is 272 g/mol. The molecule has 1 atom stereocenters. The molecule has 1 aromatic carbocycles. The number of ether oxygens (including phenoxy) is 2. The smallest absolute Gasteiger partial charge is 0.229 e. The first-order valence-corrected chi connectivity index (χ1v) is 6.87. The van der Waals surface area contributed by atoms with Crippen molar-refractivity contribution < 1.29 is 19.1 Å². The van der Waals surface area contributed by atoms with E-state index in [0.717, 1.165) is 5.56 Å². The van der Waals surface area contributed by atoms with Crippen LogP contribution in [0.15, 0.2) is 18.2 Å². The second kappa shape index (κ2) is 6.58. The Morgan fingerprint density at radius 3 is 2.33 bits per heavy atom. The van der Waals surface area contributed by atoms with Gasteiger partial charge in [-0.25, -0.2) is 0 Å². The van der Waals surface area contributed by atoms with Gasteiger partial charge >= 0.3 is 0 Å². The number of hydrogen-bond donors (Lipinski definition) is 1. The van der Waals surface area contributed by atoms with E-state index in [1.54, 1.807) is 26.4 Å². The van der Waals surface area contributed by atoms with Gasteiger partial charge in [-0.05, 0) is 24.1 Å². The number of carbonyl (C=O) groups is 2. The zero-order valence-electron chi connectivity index (χ0n) is 12.3. The summed E-state index contributed by atoms with van der Waals surface area (Å²) in [6.07, 6.45) is 1.44. The number of benzene rings is 1. The fraction of sp³-hybridized carbons (Fsp3) is 0.467. The number of nitrogens with zero attached hydrogens (tertiary/aromatic N) is 1. The average Bonchev–Trinajstić information content (AvgIpc) is 2.50. The van der Waals surface area contributed by atoms with Crippen LogP contribution in [-0.4, -0.2) is 37.5 Å². The number of rotatable bonds is 5. The Morgan fingerprint density at radius 2 is 1.76 bits per heavy atom. The molecule has 0 bridgehead atoms. The van der Waals surface area contributed by atoms with Crippen LogP contribution in [0.3, 0.4) is 0 Å². The molecule has 2 rings (SSSR count). The van der Waals surface area contributed by atoms with E-state index in [0.29, 0.717) is 30.8 Å². The molecule has 1 aliphatic rings. The fourth-order valence-electron chi connectivity index (χ4n) is 2.39. The highest BCUT2D eigenvalue weighted by molar-refractivity contribution is 5.97. The predicted octanol–water partition coefficient (Wildman–Crippen LogP) is 1.24. The minimum absolute atomic E-state index is 0.151. The maximum atomic E-state index is 11.8. The lowest BCUT2D eigenvalue weighted by Crippen LogP contribution is -2.43. The van der Waals surface area contributed by atoms with Crippen molar-refractivity contribution >= 4 is 11.8 Å². The minimum Gasteiger partial charge on any atom is -0.493 e. The van der Waals surface area contributed by atoms with Crippen molar-refractivity contribution in [2.24, 2.45) is 5.73 Å². The van der Waals surface area contributed by atoms with Gasteiger partial charge in [0.2, 0.25) is 11.8 Å². The highest BCUT2D eigenvalue weighted by Gasteiger charge is 2.27. The zero-order chi connectivity index (χ0) is 15.4. The molecule has 6 nitrogen and oxygen atoms in total. The Bertz CT molecular complexity index is 528.